The molecule has 0 spiro atoms. The third kappa shape index (κ3) is 4.20. The Labute approximate surface area is 118 Å². The van der Waals surface area contributed by atoms with Gasteiger partial charge in [-0.2, -0.15) is 0 Å². The standard InChI is InChI=1S/C16H30N2O/c1-14(2)16(19)18-12-7-4-8-15(18)9-13-17-10-5-3-6-11-17/h14-15H,3-13H2,1-2H3. The second kappa shape index (κ2) is 7.28. The fourth-order valence-corrected chi connectivity index (χ4v) is 3.44. The van der Waals surface area contributed by atoms with Gasteiger partial charge in [0.15, 0.2) is 0 Å². The summed E-state index contributed by atoms with van der Waals surface area (Å²) in [4.78, 5) is 17.0. The molecule has 1 unspecified atom stereocenters. The maximum Gasteiger partial charge on any atom is 0.225 e. The molecular formula is C16H30N2O. The van der Waals surface area contributed by atoms with E-state index in [0.29, 0.717) is 11.9 Å². The third-order valence-electron chi connectivity index (χ3n) is 4.63. The predicted molar refractivity (Wildman–Crippen MR) is 79.1 cm³/mol. The molecular weight excluding hydrogens is 236 g/mol. The minimum Gasteiger partial charge on any atom is -0.339 e. The average molecular weight is 266 g/mol. The Balaban J connectivity index is 1.83. The van der Waals surface area contributed by atoms with E-state index in [-0.39, 0.29) is 5.92 Å². The second-order valence-electron chi connectivity index (χ2n) is 6.53. The van der Waals surface area contributed by atoms with Crippen molar-refractivity contribution in [1.29, 1.82) is 0 Å². The van der Waals surface area contributed by atoms with Gasteiger partial charge in [-0.1, -0.05) is 20.3 Å². The number of hydrogen-bond acceptors (Lipinski definition) is 2. The van der Waals surface area contributed by atoms with Gasteiger partial charge in [-0.05, 0) is 51.6 Å². The Bertz CT molecular complexity index is 284. The first kappa shape index (κ1) is 14.8. The van der Waals surface area contributed by atoms with Crippen molar-refractivity contribution in [3.63, 3.8) is 0 Å². The number of carbonyl (C=O) groups excluding carboxylic acids is 1. The van der Waals surface area contributed by atoms with Gasteiger partial charge in [-0.3, -0.25) is 4.79 Å². The topological polar surface area (TPSA) is 23.6 Å². The van der Waals surface area contributed by atoms with Crippen LogP contribution in [0.5, 0.6) is 0 Å². The monoisotopic (exact) mass is 266 g/mol. The molecule has 3 nitrogen and oxygen atoms in total. The van der Waals surface area contributed by atoms with Crippen molar-refractivity contribution < 1.29 is 4.79 Å². The molecule has 1 atom stereocenters. The molecule has 2 fully saturated rings. The van der Waals surface area contributed by atoms with Crippen molar-refractivity contribution in [3.05, 3.63) is 0 Å². The Kier molecular flexibility index (Phi) is 5.68. The number of carbonyl (C=O) groups is 1. The largest absolute Gasteiger partial charge is 0.339 e. The Morgan fingerprint density at radius 1 is 1.05 bits per heavy atom. The first-order chi connectivity index (χ1) is 9.18. The van der Waals surface area contributed by atoms with E-state index in [4.69, 9.17) is 0 Å². The van der Waals surface area contributed by atoms with Crippen LogP contribution < -0.4 is 0 Å². The summed E-state index contributed by atoms with van der Waals surface area (Å²) in [6.45, 7) is 8.77. The summed E-state index contributed by atoms with van der Waals surface area (Å²) in [6.07, 6.45) is 9.01. The summed E-state index contributed by atoms with van der Waals surface area (Å²) in [5, 5.41) is 0. The minimum absolute atomic E-state index is 0.149. The third-order valence-corrected chi connectivity index (χ3v) is 4.63. The lowest BCUT2D eigenvalue weighted by Crippen LogP contribution is -2.47. The van der Waals surface area contributed by atoms with Gasteiger partial charge < -0.3 is 9.80 Å². The maximum atomic E-state index is 12.3. The fourth-order valence-electron chi connectivity index (χ4n) is 3.44. The maximum absolute atomic E-state index is 12.3. The van der Waals surface area contributed by atoms with Crippen LogP contribution in [0.1, 0.15) is 58.8 Å². The summed E-state index contributed by atoms with van der Waals surface area (Å²) >= 11 is 0. The van der Waals surface area contributed by atoms with Crippen molar-refractivity contribution in [3.8, 4) is 0 Å². The van der Waals surface area contributed by atoms with Gasteiger partial charge in [0.1, 0.15) is 0 Å². The number of rotatable bonds is 4. The van der Waals surface area contributed by atoms with Crippen molar-refractivity contribution in [1.82, 2.24) is 9.80 Å². The Morgan fingerprint density at radius 3 is 2.42 bits per heavy atom. The summed E-state index contributed by atoms with van der Waals surface area (Å²) in [6, 6.07) is 0.505. The van der Waals surface area contributed by atoms with Crippen LogP contribution in [-0.4, -0.2) is 47.9 Å². The van der Waals surface area contributed by atoms with Crippen molar-refractivity contribution in [2.24, 2.45) is 5.92 Å². The summed E-state index contributed by atoms with van der Waals surface area (Å²) in [5.41, 5.74) is 0. The molecule has 0 aromatic heterocycles. The van der Waals surface area contributed by atoms with E-state index in [1.165, 1.54) is 64.6 Å². The molecule has 110 valence electrons. The highest BCUT2D eigenvalue weighted by molar-refractivity contribution is 5.78. The van der Waals surface area contributed by atoms with Gasteiger partial charge in [0, 0.05) is 25.0 Å². The number of amides is 1. The van der Waals surface area contributed by atoms with Crippen molar-refractivity contribution >= 4 is 5.91 Å². The van der Waals surface area contributed by atoms with Crippen LogP contribution in [-0.2, 0) is 4.79 Å². The molecule has 0 aliphatic carbocycles. The van der Waals surface area contributed by atoms with Gasteiger partial charge in [-0.15, -0.1) is 0 Å². The van der Waals surface area contributed by atoms with E-state index in [0.717, 1.165) is 6.54 Å². The Hall–Kier alpha value is -0.570. The van der Waals surface area contributed by atoms with Gasteiger partial charge in [0.05, 0.1) is 0 Å². The SMILES string of the molecule is CC(C)C(=O)N1CCCCC1CCN1CCCCC1. The number of hydrogen-bond donors (Lipinski definition) is 0. The molecule has 2 rings (SSSR count). The summed E-state index contributed by atoms with van der Waals surface area (Å²) in [7, 11) is 0. The molecule has 0 bridgehead atoms. The lowest BCUT2D eigenvalue weighted by molar-refractivity contribution is -0.138. The molecule has 2 heterocycles. The Morgan fingerprint density at radius 2 is 1.74 bits per heavy atom. The molecule has 0 aromatic rings. The highest BCUT2D eigenvalue weighted by Gasteiger charge is 2.28. The van der Waals surface area contributed by atoms with Crippen LogP contribution in [0.2, 0.25) is 0 Å². The normalized spacial score (nSPS) is 25.8. The van der Waals surface area contributed by atoms with Gasteiger partial charge in [0.2, 0.25) is 5.91 Å². The van der Waals surface area contributed by atoms with E-state index < -0.39 is 0 Å². The van der Waals surface area contributed by atoms with Crippen LogP contribution in [0.15, 0.2) is 0 Å². The molecule has 3 heteroatoms. The minimum atomic E-state index is 0.149. The molecule has 0 saturated carbocycles. The lowest BCUT2D eigenvalue weighted by Gasteiger charge is -2.38. The van der Waals surface area contributed by atoms with Crippen LogP contribution >= 0.6 is 0 Å². The molecule has 0 radical (unpaired) electrons. The predicted octanol–water partition coefficient (Wildman–Crippen LogP) is 2.90. The lowest BCUT2D eigenvalue weighted by atomic mass is 9.97. The molecule has 2 saturated heterocycles. The average Bonchev–Trinajstić information content (AvgIpc) is 2.45. The number of nitrogens with zero attached hydrogens (tertiary/aromatic N) is 2. The number of piperidine rings is 2. The van der Waals surface area contributed by atoms with Crippen molar-refractivity contribution in [2.45, 2.75) is 64.8 Å². The van der Waals surface area contributed by atoms with E-state index in [1.54, 1.807) is 0 Å². The van der Waals surface area contributed by atoms with E-state index in [1.807, 2.05) is 13.8 Å². The van der Waals surface area contributed by atoms with E-state index in [2.05, 4.69) is 9.80 Å². The van der Waals surface area contributed by atoms with Gasteiger partial charge in [0.25, 0.3) is 0 Å². The first-order valence-corrected chi connectivity index (χ1v) is 8.21. The van der Waals surface area contributed by atoms with Crippen LogP contribution in [0, 0.1) is 5.92 Å². The first-order valence-electron chi connectivity index (χ1n) is 8.21. The molecule has 19 heavy (non-hydrogen) atoms. The highest BCUT2D eigenvalue weighted by atomic mass is 16.2. The molecule has 1 amide bonds. The molecule has 2 aliphatic rings. The summed E-state index contributed by atoms with van der Waals surface area (Å²) in [5.74, 6) is 0.513. The van der Waals surface area contributed by atoms with Crippen LogP contribution in [0.4, 0.5) is 0 Å². The van der Waals surface area contributed by atoms with Crippen molar-refractivity contribution in [2.75, 3.05) is 26.2 Å². The zero-order chi connectivity index (χ0) is 13.7. The van der Waals surface area contributed by atoms with Crippen LogP contribution in [0.25, 0.3) is 0 Å². The fraction of sp³-hybridized carbons (Fsp3) is 0.938. The van der Waals surface area contributed by atoms with E-state index in [9.17, 15) is 4.79 Å². The highest BCUT2D eigenvalue weighted by Crippen LogP contribution is 2.22. The summed E-state index contributed by atoms with van der Waals surface area (Å²) < 4.78 is 0. The zero-order valence-electron chi connectivity index (χ0n) is 12.7. The molecule has 0 N–H and O–H groups in total. The quantitative estimate of drug-likeness (QED) is 0.781. The smallest absolute Gasteiger partial charge is 0.225 e. The van der Waals surface area contributed by atoms with Gasteiger partial charge >= 0.3 is 0 Å². The zero-order valence-corrected chi connectivity index (χ0v) is 12.7. The number of likely N-dealkylation sites (tertiary alicyclic amines) is 2. The molecule has 2 aliphatic heterocycles. The van der Waals surface area contributed by atoms with Gasteiger partial charge in [-0.25, -0.2) is 0 Å². The van der Waals surface area contributed by atoms with Crippen LogP contribution in [0.3, 0.4) is 0 Å². The molecule has 0 aromatic carbocycles. The second-order valence-corrected chi connectivity index (χ2v) is 6.53. The van der Waals surface area contributed by atoms with E-state index >= 15 is 0 Å².